The first kappa shape index (κ1) is 16.8. The fourth-order valence-electron chi connectivity index (χ4n) is 1.09. The molecule has 9 heteroatoms. The van der Waals surface area contributed by atoms with Gasteiger partial charge >= 0.3 is 0 Å². The van der Waals surface area contributed by atoms with E-state index in [1.807, 2.05) is 0 Å². The first-order valence-electron chi connectivity index (χ1n) is 4.87. The van der Waals surface area contributed by atoms with Crippen molar-refractivity contribution >= 4 is 37.1 Å². The molecule has 1 unspecified atom stereocenters. The Morgan fingerprint density at radius 1 is 1.29 bits per heavy atom. The molecule has 0 aliphatic carbocycles. The number of nitrogens with two attached hydrogens (primary N) is 1. The van der Waals surface area contributed by atoms with Gasteiger partial charge < -0.3 is 5.73 Å². The maximum Gasteiger partial charge on any atom is 0.215 e. The van der Waals surface area contributed by atoms with Crippen molar-refractivity contribution in [1.82, 2.24) is 4.31 Å². The van der Waals surface area contributed by atoms with Crippen molar-refractivity contribution < 1.29 is 16.8 Å². The van der Waals surface area contributed by atoms with Crippen LogP contribution in [-0.4, -0.2) is 57.0 Å². The summed E-state index contributed by atoms with van der Waals surface area (Å²) in [5.74, 6) is -0.816. The number of thiocarbonyl (C=S) groups is 1. The summed E-state index contributed by atoms with van der Waals surface area (Å²) in [6.45, 7) is 1.66. The van der Waals surface area contributed by atoms with E-state index < -0.39 is 25.6 Å². The van der Waals surface area contributed by atoms with Crippen LogP contribution in [-0.2, 0) is 19.9 Å². The first-order valence-corrected chi connectivity index (χ1v) is 8.95. The third-order valence-electron chi connectivity index (χ3n) is 2.27. The average molecular weight is 302 g/mol. The van der Waals surface area contributed by atoms with Crippen LogP contribution in [0.15, 0.2) is 0 Å². The van der Waals surface area contributed by atoms with Gasteiger partial charge in [0.15, 0.2) is 0 Å². The van der Waals surface area contributed by atoms with Crippen LogP contribution in [0.3, 0.4) is 0 Å². The standard InChI is InChI=1S/C8H18N2O4S3/c1-7(6-8(9)15)10(2)17(13,14)5-4-16(3,11)12/h7H,4-6H2,1-3H3,(H2,9,15). The number of nitrogens with zero attached hydrogens (tertiary/aromatic N) is 1. The minimum atomic E-state index is -3.60. The second-order valence-electron chi connectivity index (χ2n) is 3.98. The van der Waals surface area contributed by atoms with E-state index >= 15 is 0 Å². The Kier molecular flexibility index (Phi) is 5.99. The SMILES string of the molecule is CC(CC(N)=S)N(C)S(=O)(=O)CCS(C)(=O)=O. The molecule has 6 nitrogen and oxygen atoms in total. The minimum Gasteiger partial charge on any atom is -0.393 e. The minimum absolute atomic E-state index is 0.225. The van der Waals surface area contributed by atoms with E-state index in [4.69, 9.17) is 18.0 Å². The molecule has 0 saturated heterocycles. The van der Waals surface area contributed by atoms with Crippen molar-refractivity contribution in [3.63, 3.8) is 0 Å². The summed E-state index contributed by atoms with van der Waals surface area (Å²) in [5, 5.41) is 0. The Hall–Kier alpha value is -0.250. The maximum absolute atomic E-state index is 11.8. The topological polar surface area (TPSA) is 97.5 Å². The van der Waals surface area contributed by atoms with Gasteiger partial charge in [-0.3, -0.25) is 0 Å². The molecule has 0 radical (unpaired) electrons. The van der Waals surface area contributed by atoms with E-state index in [0.29, 0.717) is 0 Å². The van der Waals surface area contributed by atoms with Gasteiger partial charge in [0, 0.05) is 25.8 Å². The van der Waals surface area contributed by atoms with E-state index in [9.17, 15) is 16.8 Å². The predicted molar refractivity (Wildman–Crippen MR) is 72.1 cm³/mol. The molecule has 1 atom stereocenters. The Bertz CT molecular complexity index is 469. The highest BCUT2D eigenvalue weighted by Gasteiger charge is 2.24. The molecule has 0 aliphatic heterocycles. The highest BCUT2D eigenvalue weighted by atomic mass is 32.2. The Morgan fingerprint density at radius 2 is 1.76 bits per heavy atom. The fraction of sp³-hybridized carbons (Fsp3) is 0.875. The van der Waals surface area contributed by atoms with Crippen molar-refractivity contribution in [3.8, 4) is 0 Å². The molecule has 0 heterocycles. The lowest BCUT2D eigenvalue weighted by molar-refractivity contribution is 0.398. The van der Waals surface area contributed by atoms with E-state index in [2.05, 4.69) is 0 Å². The molecule has 0 spiro atoms. The predicted octanol–water partition coefficient (Wildman–Crippen LogP) is -0.643. The van der Waals surface area contributed by atoms with Gasteiger partial charge in [-0.25, -0.2) is 21.1 Å². The normalized spacial score (nSPS) is 14.8. The molecule has 0 aromatic carbocycles. The van der Waals surface area contributed by atoms with Crippen molar-refractivity contribution in [2.24, 2.45) is 5.73 Å². The summed E-state index contributed by atoms with van der Waals surface area (Å²) >= 11 is 4.70. The molecule has 0 bridgehead atoms. The first-order chi connectivity index (χ1) is 7.46. The van der Waals surface area contributed by atoms with Crippen LogP contribution in [0, 0.1) is 0 Å². The molecule has 17 heavy (non-hydrogen) atoms. The molecule has 2 N–H and O–H groups in total. The van der Waals surface area contributed by atoms with Gasteiger partial charge in [0.1, 0.15) is 9.84 Å². The van der Waals surface area contributed by atoms with Gasteiger partial charge in [-0.15, -0.1) is 0 Å². The van der Waals surface area contributed by atoms with Crippen LogP contribution in [0.1, 0.15) is 13.3 Å². The van der Waals surface area contributed by atoms with Crippen molar-refractivity contribution in [1.29, 1.82) is 0 Å². The van der Waals surface area contributed by atoms with Crippen LogP contribution < -0.4 is 5.73 Å². The number of hydrogen-bond donors (Lipinski definition) is 1. The molecule has 0 saturated carbocycles. The summed E-state index contributed by atoms with van der Waals surface area (Å²) in [6, 6.07) is -0.378. The third-order valence-corrected chi connectivity index (χ3v) is 5.60. The molecule has 0 rings (SSSR count). The van der Waals surface area contributed by atoms with Crippen LogP contribution >= 0.6 is 12.2 Å². The lowest BCUT2D eigenvalue weighted by atomic mass is 10.2. The van der Waals surface area contributed by atoms with Gasteiger partial charge in [-0.1, -0.05) is 12.2 Å². The van der Waals surface area contributed by atoms with Crippen LogP contribution in [0.2, 0.25) is 0 Å². The summed E-state index contributed by atoms with van der Waals surface area (Å²) in [6.07, 6.45) is 1.27. The molecule has 0 aromatic rings. The van der Waals surface area contributed by atoms with Crippen molar-refractivity contribution in [2.45, 2.75) is 19.4 Å². The van der Waals surface area contributed by atoms with Crippen molar-refractivity contribution in [2.75, 3.05) is 24.8 Å². The van der Waals surface area contributed by atoms with Crippen LogP contribution in [0.25, 0.3) is 0 Å². The molecular formula is C8H18N2O4S3. The van der Waals surface area contributed by atoms with Crippen LogP contribution in [0.4, 0.5) is 0 Å². The lowest BCUT2D eigenvalue weighted by Gasteiger charge is -2.23. The zero-order valence-corrected chi connectivity index (χ0v) is 12.5. The zero-order valence-electron chi connectivity index (χ0n) is 10.1. The fourth-order valence-corrected chi connectivity index (χ4v) is 4.30. The van der Waals surface area contributed by atoms with Crippen molar-refractivity contribution in [3.05, 3.63) is 0 Å². The number of sulfone groups is 1. The third kappa shape index (κ3) is 6.92. The average Bonchev–Trinajstić information content (AvgIpc) is 2.11. The second kappa shape index (κ2) is 6.07. The number of rotatable bonds is 7. The Morgan fingerprint density at radius 3 is 2.12 bits per heavy atom. The van der Waals surface area contributed by atoms with Gasteiger partial charge in [0.05, 0.1) is 16.5 Å². The molecule has 102 valence electrons. The van der Waals surface area contributed by atoms with Gasteiger partial charge in [-0.2, -0.15) is 0 Å². The van der Waals surface area contributed by atoms with Crippen LogP contribution in [0.5, 0.6) is 0 Å². The summed E-state index contributed by atoms with van der Waals surface area (Å²) in [7, 11) is -5.51. The molecular weight excluding hydrogens is 284 g/mol. The van der Waals surface area contributed by atoms with E-state index in [1.165, 1.54) is 7.05 Å². The smallest absolute Gasteiger partial charge is 0.215 e. The van der Waals surface area contributed by atoms with Gasteiger partial charge in [-0.05, 0) is 6.92 Å². The quantitative estimate of drug-likeness (QED) is 0.628. The highest BCUT2D eigenvalue weighted by molar-refractivity contribution is 7.93. The Balaban J connectivity index is 4.66. The molecule has 0 amide bonds. The molecule has 0 fully saturated rings. The Labute approximate surface area is 108 Å². The summed E-state index contributed by atoms with van der Waals surface area (Å²) in [4.78, 5) is 0.225. The monoisotopic (exact) mass is 302 g/mol. The summed E-state index contributed by atoms with van der Waals surface area (Å²) in [5.41, 5.74) is 5.33. The lowest BCUT2D eigenvalue weighted by Crippen LogP contribution is -2.39. The van der Waals surface area contributed by atoms with Gasteiger partial charge in [0.25, 0.3) is 0 Å². The van der Waals surface area contributed by atoms with E-state index in [-0.39, 0.29) is 23.2 Å². The number of hydrogen-bond acceptors (Lipinski definition) is 5. The van der Waals surface area contributed by atoms with E-state index in [0.717, 1.165) is 10.6 Å². The second-order valence-corrected chi connectivity index (χ2v) is 8.91. The van der Waals surface area contributed by atoms with E-state index in [1.54, 1.807) is 6.92 Å². The summed E-state index contributed by atoms with van der Waals surface area (Å²) < 4.78 is 46.5. The molecule has 0 aromatic heterocycles. The molecule has 0 aliphatic rings. The zero-order chi connectivity index (χ0) is 13.9. The van der Waals surface area contributed by atoms with Gasteiger partial charge in [0.2, 0.25) is 10.0 Å². The maximum atomic E-state index is 11.8. The largest absolute Gasteiger partial charge is 0.393 e. The number of sulfonamides is 1. The highest BCUT2D eigenvalue weighted by Crippen LogP contribution is 2.08.